The van der Waals surface area contributed by atoms with Crippen LogP contribution in [0.3, 0.4) is 0 Å². The van der Waals surface area contributed by atoms with E-state index in [0.29, 0.717) is 34.5 Å². The highest BCUT2D eigenvalue weighted by Gasteiger charge is 2.21. The lowest BCUT2D eigenvalue weighted by Gasteiger charge is -2.16. The molecule has 0 spiro atoms. The zero-order valence-corrected chi connectivity index (χ0v) is 15.3. The van der Waals surface area contributed by atoms with Crippen molar-refractivity contribution >= 4 is 34.7 Å². The number of thioether (sulfide) groups is 1. The molecule has 1 aromatic heterocycles. The van der Waals surface area contributed by atoms with Crippen LogP contribution in [-0.4, -0.2) is 37.2 Å². The Balaban J connectivity index is 2.18. The van der Waals surface area contributed by atoms with Gasteiger partial charge >= 0.3 is 17.6 Å². The number of rotatable bonds is 8. The van der Waals surface area contributed by atoms with Gasteiger partial charge in [0.05, 0.1) is 7.11 Å². The lowest BCUT2D eigenvalue weighted by Crippen LogP contribution is -2.44. The van der Waals surface area contributed by atoms with Crippen molar-refractivity contribution in [1.29, 1.82) is 0 Å². The largest absolute Gasteiger partial charge is 0.497 e. The normalized spacial score (nSPS) is 11.8. The number of urea groups is 1. The summed E-state index contributed by atoms with van der Waals surface area (Å²) in [6.07, 6.45) is 2.27. The van der Waals surface area contributed by atoms with Gasteiger partial charge in [0, 0.05) is 23.1 Å². The molecule has 8 nitrogen and oxygen atoms in total. The molecule has 2 rings (SSSR count). The number of methoxy groups -OCH3 is 1. The van der Waals surface area contributed by atoms with Crippen LogP contribution < -0.4 is 21.4 Å². The van der Waals surface area contributed by atoms with E-state index in [1.807, 2.05) is 6.26 Å². The van der Waals surface area contributed by atoms with E-state index < -0.39 is 23.7 Å². The van der Waals surface area contributed by atoms with Crippen LogP contribution in [0.4, 0.5) is 4.79 Å². The number of hydrogen-bond acceptors (Lipinski definition) is 7. The third-order valence-corrected chi connectivity index (χ3v) is 4.26. The number of benzene rings is 1. The summed E-state index contributed by atoms with van der Waals surface area (Å²) < 4.78 is 15.5. The molecule has 0 fully saturated rings. The fraction of sp³-hybridized carbons (Fsp3) is 0.353. The number of primary amides is 1. The van der Waals surface area contributed by atoms with E-state index in [4.69, 9.17) is 19.6 Å². The van der Waals surface area contributed by atoms with Crippen LogP contribution in [0.5, 0.6) is 5.75 Å². The molecule has 0 unspecified atom stereocenters. The number of ether oxygens (including phenoxy) is 2. The SMILES string of the molecule is COc1ccc2c(COC(=O)[C@H](CCSC)NC(N)=O)cc(=O)oc2c1. The summed E-state index contributed by atoms with van der Waals surface area (Å²) in [6.45, 7) is -0.135. The zero-order chi connectivity index (χ0) is 19.1. The van der Waals surface area contributed by atoms with Gasteiger partial charge in [0.15, 0.2) is 0 Å². The van der Waals surface area contributed by atoms with Crippen molar-refractivity contribution in [3.8, 4) is 5.75 Å². The number of carbonyl (C=O) groups is 2. The summed E-state index contributed by atoms with van der Waals surface area (Å²) in [7, 11) is 1.51. The molecular formula is C17H20N2O6S. The van der Waals surface area contributed by atoms with Crippen LogP contribution in [0, 0.1) is 0 Å². The van der Waals surface area contributed by atoms with Crippen molar-refractivity contribution in [3.05, 3.63) is 40.2 Å². The van der Waals surface area contributed by atoms with Gasteiger partial charge in [-0.25, -0.2) is 14.4 Å². The van der Waals surface area contributed by atoms with E-state index in [1.54, 1.807) is 18.2 Å². The van der Waals surface area contributed by atoms with E-state index in [-0.39, 0.29) is 6.61 Å². The summed E-state index contributed by atoms with van der Waals surface area (Å²) in [5.74, 6) is 0.572. The van der Waals surface area contributed by atoms with E-state index in [2.05, 4.69) is 5.32 Å². The van der Waals surface area contributed by atoms with Crippen LogP contribution in [0.25, 0.3) is 11.0 Å². The Morgan fingerprint density at radius 1 is 1.35 bits per heavy atom. The summed E-state index contributed by atoms with van der Waals surface area (Å²) in [6, 6.07) is 4.63. The maximum Gasteiger partial charge on any atom is 0.336 e. The van der Waals surface area contributed by atoms with Crippen molar-refractivity contribution in [2.24, 2.45) is 5.73 Å². The Bertz CT molecular complexity index is 851. The fourth-order valence-electron chi connectivity index (χ4n) is 2.36. The summed E-state index contributed by atoms with van der Waals surface area (Å²) in [5, 5.41) is 3.00. The van der Waals surface area contributed by atoms with Crippen LogP contribution in [0.1, 0.15) is 12.0 Å². The molecule has 0 radical (unpaired) electrons. The Morgan fingerprint density at radius 2 is 2.12 bits per heavy atom. The number of nitrogens with two attached hydrogens (primary N) is 1. The van der Waals surface area contributed by atoms with E-state index in [0.717, 1.165) is 0 Å². The Kier molecular flexibility index (Phi) is 6.90. The lowest BCUT2D eigenvalue weighted by atomic mass is 10.1. The molecule has 0 saturated carbocycles. The quantitative estimate of drug-likeness (QED) is 0.527. The molecule has 2 amide bonds. The first-order valence-corrected chi connectivity index (χ1v) is 9.16. The molecule has 3 N–H and O–H groups in total. The molecule has 1 heterocycles. The number of fused-ring (bicyclic) bond motifs is 1. The first-order valence-electron chi connectivity index (χ1n) is 7.77. The van der Waals surface area contributed by atoms with Gasteiger partial charge in [0.25, 0.3) is 0 Å². The summed E-state index contributed by atoms with van der Waals surface area (Å²) >= 11 is 1.53. The minimum Gasteiger partial charge on any atom is -0.497 e. The molecule has 9 heteroatoms. The molecule has 26 heavy (non-hydrogen) atoms. The van der Waals surface area contributed by atoms with Crippen LogP contribution >= 0.6 is 11.8 Å². The lowest BCUT2D eigenvalue weighted by molar-refractivity contribution is -0.147. The second-order valence-electron chi connectivity index (χ2n) is 5.40. The second-order valence-corrected chi connectivity index (χ2v) is 6.39. The summed E-state index contributed by atoms with van der Waals surface area (Å²) in [4.78, 5) is 35.1. The monoisotopic (exact) mass is 380 g/mol. The number of hydrogen-bond donors (Lipinski definition) is 2. The highest BCUT2D eigenvalue weighted by atomic mass is 32.2. The zero-order valence-electron chi connectivity index (χ0n) is 14.4. The minimum absolute atomic E-state index is 0.135. The van der Waals surface area contributed by atoms with Gasteiger partial charge in [-0.1, -0.05) is 0 Å². The fourth-order valence-corrected chi connectivity index (χ4v) is 2.83. The third kappa shape index (κ3) is 5.16. The number of amides is 2. The van der Waals surface area contributed by atoms with E-state index >= 15 is 0 Å². The molecule has 1 aromatic carbocycles. The van der Waals surface area contributed by atoms with Gasteiger partial charge in [-0.3, -0.25) is 0 Å². The van der Waals surface area contributed by atoms with Gasteiger partial charge in [0.1, 0.15) is 24.0 Å². The smallest absolute Gasteiger partial charge is 0.336 e. The second kappa shape index (κ2) is 9.14. The first kappa shape index (κ1) is 19.6. The van der Waals surface area contributed by atoms with Crippen LogP contribution in [0.2, 0.25) is 0 Å². The first-order chi connectivity index (χ1) is 12.4. The van der Waals surface area contributed by atoms with E-state index in [1.165, 1.54) is 24.9 Å². The molecule has 2 aromatic rings. The van der Waals surface area contributed by atoms with Crippen LogP contribution in [-0.2, 0) is 16.1 Å². The standard InChI is InChI=1S/C17H20N2O6S/c1-23-11-3-4-12-10(7-15(20)25-14(12)8-11)9-24-16(21)13(5-6-26-2)19-17(18)22/h3-4,7-8,13H,5-6,9H2,1-2H3,(H3,18,19,22)/t13-/m0/s1. The minimum atomic E-state index is -0.841. The predicted molar refractivity (Wildman–Crippen MR) is 98.3 cm³/mol. The predicted octanol–water partition coefficient (Wildman–Crippen LogP) is 1.63. The topological polar surface area (TPSA) is 121 Å². The van der Waals surface area contributed by atoms with Crippen molar-refractivity contribution in [2.45, 2.75) is 19.1 Å². The molecule has 0 aliphatic rings. The van der Waals surface area contributed by atoms with Crippen LogP contribution in [0.15, 0.2) is 33.5 Å². The molecule has 0 saturated heterocycles. The van der Waals surface area contributed by atoms with Gasteiger partial charge < -0.3 is 24.9 Å². The number of nitrogens with one attached hydrogen (secondary N) is 1. The number of carbonyl (C=O) groups excluding carboxylic acids is 2. The number of esters is 1. The molecular weight excluding hydrogens is 360 g/mol. The van der Waals surface area contributed by atoms with Crippen molar-refractivity contribution < 1.29 is 23.5 Å². The van der Waals surface area contributed by atoms with Crippen molar-refractivity contribution in [2.75, 3.05) is 19.1 Å². The van der Waals surface area contributed by atoms with Gasteiger partial charge in [-0.05, 0) is 30.6 Å². The highest BCUT2D eigenvalue weighted by molar-refractivity contribution is 7.98. The van der Waals surface area contributed by atoms with Gasteiger partial charge in [0.2, 0.25) is 0 Å². The van der Waals surface area contributed by atoms with Crippen molar-refractivity contribution in [3.63, 3.8) is 0 Å². The molecule has 1 atom stereocenters. The highest BCUT2D eigenvalue weighted by Crippen LogP contribution is 2.23. The average molecular weight is 380 g/mol. The summed E-state index contributed by atoms with van der Waals surface area (Å²) in [5.41, 5.74) is 5.36. The Labute approximate surface area is 154 Å². The average Bonchev–Trinajstić information content (AvgIpc) is 2.61. The van der Waals surface area contributed by atoms with Gasteiger partial charge in [-0.15, -0.1) is 0 Å². The molecule has 0 bridgehead atoms. The molecule has 0 aliphatic carbocycles. The van der Waals surface area contributed by atoms with Crippen molar-refractivity contribution in [1.82, 2.24) is 5.32 Å². The van der Waals surface area contributed by atoms with E-state index in [9.17, 15) is 14.4 Å². The maximum atomic E-state index is 12.3. The van der Waals surface area contributed by atoms with Gasteiger partial charge in [-0.2, -0.15) is 11.8 Å². The molecule has 140 valence electrons. The molecule has 0 aliphatic heterocycles. The Morgan fingerprint density at radius 3 is 2.77 bits per heavy atom. The third-order valence-electron chi connectivity index (χ3n) is 3.62. The maximum absolute atomic E-state index is 12.3. The Hall–Kier alpha value is -2.68.